The van der Waals surface area contributed by atoms with Crippen molar-refractivity contribution in [1.29, 1.82) is 0 Å². The van der Waals surface area contributed by atoms with Crippen LogP contribution in [0.5, 0.6) is 5.75 Å². The first-order valence-electron chi connectivity index (χ1n) is 6.39. The van der Waals surface area contributed by atoms with Crippen LogP contribution in [-0.2, 0) is 6.42 Å². The van der Waals surface area contributed by atoms with E-state index in [0.717, 1.165) is 46.2 Å². The molecule has 3 nitrogen and oxygen atoms in total. The van der Waals surface area contributed by atoms with E-state index in [2.05, 4.69) is 49.9 Å². The summed E-state index contributed by atoms with van der Waals surface area (Å²) in [5.74, 6) is 1.12. The Kier molecular flexibility index (Phi) is 5.29. The molecule has 1 saturated heterocycles. The first-order chi connectivity index (χ1) is 9.01. The van der Waals surface area contributed by atoms with Gasteiger partial charge in [0.25, 0.3) is 0 Å². The van der Waals surface area contributed by atoms with Crippen LogP contribution in [0.2, 0.25) is 0 Å². The summed E-state index contributed by atoms with van der Waals surface area (Å²) in [6.07, 6.45) is 1.45. The van der Waals surface area contributed by atoms with Gasteiger partial charge in [0.05, 0.1) is 17.7 Å². The fourth-order valence-electron chi connectivity index (χ4n) is 2.68. The molecule has 1 aromatic rings. The molecule has 19 heavy (non-hydrogen) atoms. The van der Waals surface area contributed by atoms with Crippen molar-refractivity contribution < 1.29 is 9.84 Å². The predicted molar refractivity (Wildman–Crippen MR) is 83.7 cm³/mol. The van der Waals surface area contributed by atoms with Gasteiger partial charge in [0, 0.05) is 23.5 Å². The highest BCUT2D eigenvalue weighted by Crippen LogP contribution is 2.35. The number of methoxy groups -OCH3 is 1. The lowest BCUT2D eigenvalue weighted by Gasteiger charge is -2.34. The van der Waals surface area contributed by atoms with Gasteiger partial charge < -0.3 is 14.7 Å². The zero-order chi connectivity index (χ0) is 14.0. The number of hydrogen-bond donors (Lipinski definition) is 1. The Morgan fingerprint density at radius 2 is 2.16 bits per heavy atom. The van der Waals surface area contributed by atoms with E-state index in [4.69, 9.17) is 4.74 Å². The van der Waals surface area contributed by atoms with Crippen molar-refractivity contribution in [3.05, 3.63) is 26.6 Å². The minimum atomic E-state index is -0.223. The van der Waals surface area contributed by atoms with Gasteiger partial charge in [-0.05, 0) is 53.5 Å². The SMILES string of the molecule is COc1c(Br)cc(Br)cc1CC1CN(C)CCC1O. The molecule has 0 saturated carbocycles. The van der Waals surface area contributed by atoms with Crippen LogP contribution in [0.1, 0.15) is 12.0 Å². The Balaban J connectivity index is 2.22. The number of aliphatic hydroxyl groups excluding tert-OH is 1. The number of piperidine rings is 1. The van der Waals surface area contributed by atoms with Crippen molar-refractivity contribution in [2.75, 3.05) is 27.2 Å². The number of ether oxygens (including phenoxy) is 1. The molecule has 0 aromatic heterocycles. The van der Waals surface area contributed by atoms with E-state index in [-0.39, 0.29) is 12.0 Å². The number of rotatable bonds is 3. The zero-order valence-corrected chi connectivity index (χ0v) is 14.4. The third kappa shape index (κ3) is 3.72. The maximum Gasteiger partial charge on any atom is 0.136 e. The van der Waals surface area contributed by atoms with E-state index in [1.807, 2.05) is 6.07 Å². The second-order valence-corrected chi connectivity index (χ2v) is 6.93. The summed E-state index contributed by atoms with van der Waals surface area (Å²) < 4.78 is 7.44. The average molecular weight is 393 g/mol. The molecule has 1 heterocycles. The highest BCUT2D eigenvalue weighted by atomic mass is 79.9. The second-order valence-electron chi connectivity index (χ2n) is 5.16. The normalized spacial score (nSPS) is 24.5. The van der Waals surface area contributed by atoms with Crippen LogP contribution in [0.3, 0.4) is 0 Å². The first-order valence-corrected chi connectivity index (χ1v) is 7.98. The average Bonchev–Trinajstić information content (AvgIpc) is 2.33. The Morgan fingerprint density at radius 3 is 2.84 bits per heavy atom. The Bertz CT molecular complexity index is 453. The van der Waals surface area contributed by atoms with Crippen molar-refractivity contribution in [3.63, 3.8) is 0 Å². The largest absolute Gasteiger partial charge is 0.495 e. The minimum Gasteiger partial charge on any atom is -0.495 e. The van der Waals surface area contributed by atoms with E-state index in [0.29, 0.717) is 0 Å². The van der Waals surface area contributed by atoms with Crippen molar-refractivity contribution in [2.45, 2.75) is 18.9 Å². The van der Waals surface area contributed by atoms with Crippen molar-refractivity contribution in [2.24, 2.45) is 5.92 Å². The molecule has 2 rings (SSSR count). The molecule has 2 atom stereocenters. The summed E-state index contributed by atoms with van der Waals surface area (Å²) in [5.41, 5.74) is 1.13. The summed E-state index contributed by atoms with van der Waals surface area (Å²) in [7, 11) is 3.79. The lowest BCUT2D eigenvalue weighted by molar-refractivity contribution is 0.0364. The fraction of sp³-hybridized carbons (Fsp3) is 0.571. The van der Waals surface area contributed by atoms with Crippen molar-refractivity contribution >= 4 is 31.9 Å². The van der Waals surface area contributed by atoms with Gasteiger partial charge in [-0.2, -0.15) is 0 Å². The summed E-state index contributed by atoms with van der Waals surface area (Å²) in [6.45, 7) is 1.89. The molecular weight excluding hydrogens is 374 g/mol. The maximum atomic E-state index is 10.2. The summed E-state index contributed by atoms with van der Waals surface area (Å²) in [4.78, 5) is 2.27. The van der Waals surface area contributed by atoms with E-state index in [1.54, 1.807) is 7.11 Å². The van der Waals surface area contributed by atoms with E-state index >= 15 is 0 Å². The number of benzene rings is 1. The monoisotopic (exact) mass is 391 g/mol. The van der Waals surface area contributed by atoms with Gasteiger partial charge in [-0.25, -0.2) is 0 Å². The smallest absolute Gasteiger partial charge is 0.136 e. The number of aliphatic hydroxyl groups is 1. The Morgan fingerprint density at radius 1 is 1.42 bits per heavy atom. The molecule has 0 bridgehead atoms. The van der Waals surface area contributed by atoms with Crippen LogP contribution in [0.15, 0.2) is 21.1 Å². The maximum absolute atomic E-state index is 10.2. The number of hydrogen-bond acceptors (Lipinski definition) is 3. The topological polar surface area (TPSA) is 32.7 Å². The molecule has 0 aliphatic carbocycles. The summed E-state index contributed by atoms with van der Waals surface area (Å²) in [6, 6.07) is 4.05. The molecule has 1 aliphatic heterocycles. The summed E-state index contributed by atoms with van der Waals surface area (Å²) in [5, 5.41) is 10.2. The zero-order valence-electron chi connectivity index (χ0n) is 11.2. The quantitative estimate of drug-likeness (QED) is 0.857. The van der Waals surface area contributed by atoms with E-state index in [9.17, 15) is 5.11 Å². The van der Waals surface area contributed by atoms with Gasteiger partial charge in [-0.1, -0.05) is 15.9 Å². The molecule has 0 spiro atoms. The van der Waals surface area contributed by atoms with Gasteiger partial charge in [-0.15, -0.1) is 0 Å². The van der Waals surface area contributed by atoms with Crippen molar-refractivity contribution in [1.82, 2.24) is 4.90 Å². The molecule has 1 N–H and O–H groups in total. The Hall–Kier alpha value is -0.100. The number of likely N-dealkylation sites (tertiary alicyclic amines) is 1. The van der Waals surface area contributed by atoms with Crippen LogP contribution in [0.4, 0.5) is 0 Å². The second kappa shape index (κ2) is 6.57. The van der Waals surface area contributed by atoms with Gasteiger partial charge >= 0.3 is 0 Å². The lowest BCUT2D eigenvalue weighted by Crippen LogP contribution is -2.42. The molecule has 1 aromatic carbocycles. The lowest BCUT2D eigenvalue weighted by atomic mass is 9.88. The van der Waals surface area contributed by atoms with Gasteiger partial charge in [-0.3, -0.25) is 0 Å². The van der Waals surface area contributed by atoms with Gasteiger partial charge in [0.15, 0.2) is 0 Å². The van der Waals surface area contributed by atoms with Crippen LogP contribution in [0, 0.1) is 5.92 Å². The van der Waals surface area contributed by atoms with Crippen LogP contribution >= 0.6 is 31.9 Å². The van der Waals surface area contributed by atoms with Gasteiger partial charge in [0.2, 0.25) is 0 Å². The molecule has 2 unspecified atom stereocenters. The number of nitrogens with zero attached hydrogens (tertiary/aromatic N) is 1. The van der Waals surface area contributed by atoms with E-state index in [1.165, 1.54) is 0 Å². The van der Waals surface area contributed by atoms with Gasteiger partial charge in [0.1, 0.15) is 5.75 Å². The molecular formula is C14H19Br2NO2. The standard InChI is InChI=1S/C14H19Br2NO2/c1-17-4-3-13(18)10(8-17)5-9-6-11(15)7-12(16)14(9)19-2/h6-7,10,13,18H,3-5,8H2,1-2H3. The first kappa shape index (κ1) is 15.3. The molecule has 5 heteroatoms. The molecule has 0 radical (unpaired) electrons. The van der Waals surface area contributed by atoms with Crippen LogP contribution < -0.4 is 4.74 Å². The van der Waals surface area contributed by atoms with Crippen LogP contribution in [0.25, 0.3) is 0 Å². The minimum absolute atomic E-state index is 0.223. The highest BCUT2D eigenvalue weighted by Gasteiger charge is 2.27. The van der Waals surface area contributed by atoms with Crippen molar-refractivity contribution in [3.8, 4) is 5.75 Å². The molecule has 1 aliphatic rings. The Labute approximate surface area is 131 Å². The van der Waals surface area contributed by atoms with Crippen LogP contribution in [-0.4, -0.2) is 43.4 Å². The third-order valence-corrected chi connectivity index (χ3v) is 4.72. The van der Waals surface area contributed by atoms with E-state index < -0.39 is 0 Å². The molecule has 0 amide bonds. The predicted octanol–water partition coefficient (Wildman–Crippen LogP) is 3.08. The highest BCUT2D eigenvalue weighted by molar-refractivity contribution is 9.11. The third-order valence-electron chi connectivity index (χ3n) is 3.67. The fourth-order valence-corrected chi connectivity index (χ4v) is 4.15. The molecule has 1 fully saturated rings. The summed E-state index contributed by atoms with van der Waals surface area (Å²) >= 11 is 7.03. The molecule has 106 valence electrons. The number of halogens is 2.